The van der Waals surface area contributed by atoms with Crippen LogP contribution in [0.15, 0.2) is 35.9 Å². The Balaban J connectivity index is 1.88. The van der Waals surface area contributed by atoms with E-state index < -0.39 is 17.7 Å². The summed E-state index contributed by atoms with van der Waals surface area (Å²) in [5.41, 5.74) is 0.496. The molecular weight excluding hydrogens is 390 g/mol. The fourth-order valence-electron chi connectivity index (χ4n) is 3.41. The SMILES string of the molecule is C=CCON1C(=O)N2C[C@H]1C(c1cnc(=O)n(C)c1)=C[C@@H]2CNC(=O)OC(C)(C)C. The van der Waals surface area contributed by atoms with Crippen LogP contribution in [0.2, 0.25) is 0 Å². The monoisotopic (exact) mass is 417 g/mol. The van der Waals surface area contributed by atoms with E-state index in [2.05, 4.69) is 16.9 Å². The van der Waals surface area contributed by atoms with Crippen molar-refractivity contribution >= 4 is 17.7 Å². The molecule has 3 heterocycles. The molecule has 0 aliphatic carbocycles. The van der Waals surface area contributed by atoms with Gasteiger partial charge in [0.15, 0.2) is 0 Å². The Labute approximate surface area is 174 Å². The predicted molar refractivity (Wildman–Crippen MR) is 109 cm³/mol. The number of aromatic nitrogens is 2. The lowest BCUT2D eigenvalue weighted by molar-refractivity contribution is -0.105. The van der Waals surface area contributed by atoms with Crippen molar-refractivity contribution < 1.29 is 19.2 Å². The highest BCUT2D eigenvalue weighted by Crippen LogP contribution is 2.35. The number of carbonyl (C=O) groups is 2. The number of amides is 3. The number of nitrogens with one attached hydrogen (secondary N) is 1. The minimum atomic E-state index is -0.623. The van der Waals surface area contributed by atoms with Gasteiger partial charge in [-0.15, -0.1) is 6.58 Å². The number of alkyl carbamates (subject to hydrolysis) is 1. The lowest BCUT2D eigenvalue weighted by atomic mass is 9.95. The van der Waals surface area contributed by atoms with E-state index in [4.69, 9.17) is 9.57 Å². The van der Waals surface area contributed by atoms with Gasteiger partial charge in [0.05, 0.1) is 19.2 Å². The number of ether oxygens (including phenoxy) is 1. The van der Waals surface area contributed by atoms with Crippen LogP contribution in [-0.2, 0) is 16.6 Å². The number of hydrogen-bond donors (Lipinski definition) is 1. The van der Waals surface area contributed by atoms with Gasteiger partial charge in [-0.2, -0.15) is 5.06 Å². The number of hydroxylamine groups is 2. The van der Waals surface area contributed by atoms with Crippen LogP contribution in [0, 0.1) is 0 Å². The zero-order valence-electron chi connectivity index (χ0n) is 17.6. The molecule has 10 heteroatoms. The zero-order valence-corrected chi connectivity index (χ0v) is 17.6. The first kappa shape index (κ1) is 21.6. The van der Waals surface area contributed by atoms with Gasteiger partial charge in [0.2, 0.25) is 0 Å². The van der Waals surface area contributed by atoms with Crippen LogP contribution in [0.1, 0.15) is 26.3 Å². The average molecular weight is 417 g/mol. The van der Waals surface area contributed by atoms with Gasteiger partial charge in [-0.25, -0.2) is 19.4 Å². The van der Waals surface area contributed by atoms with Crippen LogP contribution in [0.3, 0.4) is 0 Å². The van der Waals surface area contributed by atoms with Gasteiger partial charge in [0.1, 0.15) is 11.6 Å². The first-order valence-electron chi connectivity index (χ1n) is 9.66. The molecule has 0 radical (unpaired) electrons. The number of fused-ring (bicyclic) bond motifs is 2. The smallest absolute Gasteiger partial charge is 0.407 e. The summed E-state index contributed by atoms with van der Waals surface area (Å²) in [6, 6.07) is -1.08. The summed E-state index contributed by atoms with van der Waals surface area (Å²) in [6.45, 7) is 9.69. The molecule has 2 aliphatic rings. The Kier molecular flexibility index (Phi) is 5.97. The topological polar surface area (TPSA) is 106 Å². The molecule has 3 rings (SSSR count). The molecular formula is C20H27N5O5. The van der Waals surface area contributed by atoms with Crippen molar-refractivity contribution in [3.05, 3.63) is 47.2 Å². The highest BCUT2D eigenvalue weighted by molar-refractivity contribution is 5.85. The second-order valence-corrected chi connectivity index (χ2v) is 8.17. The molecule has 2 bridgehead atoms. The van der Waals surface area contributed by atoms with Gasteiger partial charge in [0, 0.05) is 31.5 Å². The van der Waals surface area contributed by atoms with Crippen LogP contribution in [0.5, 0.6) is 0 Å². The fourth-order valence-corrected chi connectivity index (χ4v) is 3.41. The molecule has 0 saturated carbocycles. The maximum absolute atomic E-state index is 12.9. The molecule has 10 nitrogen and oxygen atoms in total. The summed E-state index contributed by atoms with van der Waals surface area (Å²) in [6.07, 6.45) is 6.04. The highest BCUT2D eigenvalue weighted by Gasteiger charge is 2.47. The molecule has 1 saturated heterocycles. The van der Waals surface area contributed by atoms with Gasteiger partial charge in [-0.05, 0) is 26.3 Å². The molecule has 2 aliphatic heterocycles. The fraction of sp³-hybridized carbons (Fsp3) is 0.500. The van der Waals surface area contributed by atoms with E-state index in [0.717, 1.165) is 5.57 Å². The molecule has 3 amide bonds. The van der Waals surface area contributed by atoms with Gasteiger partial charge >= 0.3 is 17.8 Å². The summed E-state index contributed by atoms with van der Waals surface area (Å²) in [4.78, 5) is 47.8. The number of rotatable bonds is 6. The van der Waals surface area contributed by atoms with Gasteiger partial charge < -0.3 is 19.5 Å². The lowest BCUT2D eigenvalue weighted by Crippen LogP contribution is -2.46. The summed E-state index contributed by atoms with van der Waals surface area (Å²) < 4.78 is 6.66. The van der Waals surface area contributed by atoms with Crippen molar-refractivity contribution in [1.29, 1.82) is 0 Å². The zero-order chi connectivity index (χ0) is 22.1. The predicted octanol–water partition coefficient (Wildman–Crippen LogP) is 1.29. The Morgan fingerprint density at radius 1 is 1.40 bits per heavy atom. The van der Waals surface area contributed by atoms with Crippen LogP contribution in [0.25, 0.3) is 5.57 Å². The molecule has 1 aromatic heterocycles. The van der Waals surface area contributed by atoms with E-state index in [1.807, 2.05) is 6.08 Å². The highest BCUT2D eigenvalue weighted by atomic mass is 16.7. The summed E-state index contributed by atoms with van der Waals surface area (Å²) in [5, 5.41) is 4.03. The maximum Gasteiger partial charge on any atom is 0.407 e. The molecule has 1 N–H and O–H groups in total. The van der Waals surface area contributed by atoms with E-state index in [0.29, 0.717) is 12.1 Å². The quantitative estimate of drug-likeness (QED) is 0.700. The number of hydrogen-bond acceptors (Lipinski definition) is 6. The molecule has 2 atom stereocenters. The van der Waals surface area contributed by atoms with E-state index in [1.54, 1.807) is 45.0 Å². The molecule has 0 spiro atoms. The van der Waals surface area contributed by atoms with Crippen molar-refractivity contribution in [1.82, 2.24) is 24.8 Å². The van der Waals surface area contributed by atoms with Crippen molar-refractivity contribution in [3.8, 4) is 0 Å². The summed E-state index contributed by atoms with van der Waals surface area (Å²) >= 11 is 0. The van der Waals surface area contributed by atoms with Crippen LogP contribution >= 0.6 is 0 Å². The summed E-state index contributed by atoms with van der Waals surface area (Å²) in [5.74, 6) is 0. The second kappa shape index (κ2) is 8.31. The molecule has 1 aromatic rings. The Hall–Kier alpha value is -3.14. The average Bonchev–Trinajstić information content (AvgIpc) is 2.93. The second-order valence-electron chi connectivity index (χ2n) is 8.17. The first-order chi connectivity index (χ1) is 14.1. The Bertz CT molecular complexity index is 932. The van der Waals surface area contributed by atoms with Crippen LogP contribution in [-0.4, -0.2) is 69.0 Å². The van der Waals surface area contributed by atoms with Gasteiger partial charge in [0.25, 0.3) is 0 Å². The van der Waals surface area contributed by atoms with Crippen LogP contribution < -0.4 is 11.0 Å². The van der Waals surface area contributed by atoms with Crippen molar-refractivity contribution in [3.63, 3.8) is 0 Å². The van der Waals surface area contributed by atoms with Crippen molar-refractivity contribution in [2.45, 2.75) is 38.5 Å². The largest absolute Gasteiger partial charge is 0.444 e. The minimum Gasteiger partial charge on any atom is -0.444 e. The Morgan fingerprint density at radius 3 is 2.77 bits per heavy atom. The van der Waals surface area contributed by atoms with Gasteiger partial charge in [-0.1, -0.05) is 12.2 Å². The lowest BCUT2D eigenvalue weighted by Gasteiger charge is -2.30. The molecule has 1 fully saturated rings. The first-order valence-corrected chi connectivity index (χ1v) is 9.66. The van der Waals surface area contributed by atoms with E-state index >= 15 is 0 Å². The van der Waals surface area contributed by atoms with Crippen LogP contribution in [0.4, 0.5) is 9.59 Å². The standard InChI is InChI=1S/C20H27N5O5/c1-6-7-29-25-16-12-24(19(25)28)14(10-22-18(27)30-20(2,3)4)8-15(16)13-9-21-17(26)23(5)11-13/h6,8-9,11,14,16H,1,7,10,12H2,2-5H3,(H,22,27)/t14-,16+/m1/s1. The third-order valence-electron chi connectivity index (χ3n) is 4.69. The third-order valence-corrected chi connectivity index (χ3v) is 4.69. The maximum atomic E-state index is 12.9. The molecule has 0 aromatic carbocycles. The minimum absolute atomic E-state index is 0.172. The molecule has 0 unspecified atom stereocenters. The third kappa shape index (κ3) is 4.54. The molecule has 162 valence electrons. The van der Waals surface area contributed by atoms with Crippen molar-refractivity contribution in [2.75, 3.05) is 19.7 Å². The Morgan fingerprint density at radius 2 is 2.13 bits per heavy atom. The van der Waals surface area contributed by atoms with E-state index in [1.165, 1.54) is 15.8 Å². The van der Waals surface area contributed by atoms with Crippen molar-refractivity contribution in [2.24, 2.45) is 7.05 Å². The number of urea groups is 1. The summed E-state index contributed by atoms with van der Waals surface area (Å²) in [7, 11) is 1.61. The van der Waals surface area contributed by atoms with E-state index in [9.17, 15) is 14.4 Å². The normalized spacial score (nSPS) is 20.8. The number of nitrogens with zero attached hydrogens (tertiary/aromatic N) is 4. The van der Waals surface area contributed by atoms with E-state index in [-0.39, 0.29) is 30.9 Å². The number of aryl methyl sites for hydroxylation is 1. The number of carbonyl (C=O) groups excluding carboxylic acids is 2. The molecule has 30 heavy (non-hydrogen) atoms. The van der Waals surface area contributed by atoms with Gasteiger partial charge in [-0.3, -0.25) is 4.84 Å².